The molecular weight excluding hydrogens is 276 g/mol. The Hall–Kier alpha value is -1.97. The van der Waals surface area contributed by atoms with Gasteiger partial charge in [-0.05, 0) is 57.7 Å². The molecule has 0 bridgehead atoms. The number of ketones is 1. The summed E-state index contributed by atoms with van der Waals surface area (Å²) in [5.41, 5.74) is 2.19. The smallest absolute Gasteiger partial charge is 0.261 e. The van der Waals surface area contributed by atoms with Crippen molar-refractivity contribution in [1.29, 1.82) is 0 Å². The number of hydrogen-bond donors (Lipinski definition) is 0. The van der Waals surface area contributed by atoms with Gasteiger partial charge in [0.05, 0.1) is 10.9 Å². The lowest BCUT2D eigenvalue weighted by Gasteiger charge is -2.37. The van der Waals surface area contributed by atoms with Crippen LogP contribution in [-0.2, 0) is 5.41 Å². The van der Waals surface area contributed by atoms with Gasteiger partial charge in [-0.25, -0.2) is 4.98 Å². The topological polar surface area (TPSA) is 52.0 Å². The standard InChI is InChI=1S/C18H20N2O2/c1-10-7-13(12(3)21)15-14(8-10)16(22)20-11(2)9-18(5-4-6-18)17(20)19-15/h7-8,11H,4-6,9H2,1-3H3/t11-/m1/s1. The lowest BCUT2D eigenvalue weighted by atomic mass is 9.67. The molecule has 1 aliphatic heterocycles. The maximum Gasteiger partial charge on any atom is 0.261 e. The van der Waals surface area contributed by atoms with Gasteiger partial charge in [-0.1, -0.05) is 6.42 Å². The Labute approximate surface area is 129 Å². The van der Waals surface area contributed by atoms with Crippen molar-refractivity contribution in [3.8, 4) is 0 Å². The first-order valence-electron chi connectivity index (χ1n) is 8.01. The average molecular weight is 296 g/mol. The van der Waals surface area contributed by atoms with Gasteiger partial charge in [0.25, 0.3) is 5.56 Å². The molecule has 4 rings (SSSR count). The first-order chi connectivity index (χ1) is 10.4. The molecule has 2 heterocycles. The summed E-state index contributed by atoms with van der Waals surface area (Å²) in [6, 6.07) is 3.91. The van der Waals surface area contributed by atoms with E-state index in [1.165, 1.54) is 6.42 Å². The minimum absolute atomic E-state index is 0.0162. The molecule has 1 atom stereocenters. The third-order valence-corrected chi connectivity index (χ3v) is 5.44. The van der Waals surface area contributed by atoms with Crippen molar-refractivity contribution < 1.29 is 4.79 Å². The molecular formula is C18H20N2O2. The molecule has 1 aromatic heterocycles. The molecule has 1 saturated carbocycles. The molecule has 2 aromatic rings. The first kappa shape index (κ1) is 13.7. The molecule has 1 aliphatic carbocycles. The number of aryl methyl sites for hydroxylation is 1. The lowest BCUT2D eigenvalue weighted by molar-refractivity contribution is 0.101. The highest BCUT2D eigenvalue weighted by Crippen LogP contribution is 2.52. The predicted molar refractivity (Wildman–Crippen MR) is 85.6 cm³/mol. The second-order valence-corrected chi connectivity index (χ2v) is 7.06. The van der Waals surface area contributed by atoms with Gasteiger partial charge < -0.3 is 0 Å². The van der Waals surface area contributed by atoms with Crippen LogP contribution in [0.25, 0.3) is 10.9 Å². The van der Waals surface area contributed by atoms with Crippen LogP contribution in [0.2, 0.25) is 0 Å². The molecule has 2 aliphatic rings. The molecule has 1 aromatic carbocycles. The van der Waals surface area contributed by atoms with Gasteiger partial charge in [0.1, 0.15) is 5.82 Å². The first-order valence-corrected chi connectivity index (χ1v) is 8.01. The van der Waals surface area contributed by atoms with Gasteiger partial charge in [0.15, 0.2) is 5.78 Å². The molecule has 0 radical (unpaired) electrons. The zero-order chi connectivity index (χ0) is 15.6. The fourth-order valence-corrected chi connectivity index (χ4v) is 4.28. The maximum absolute atomic E-state index is 13.0. The van der Waals surface area contributed by atoms with E-state index in [4.69, 9.17) is 4.98 Å². The highest BCUT2D eigenvalue weighted by molar-refractivity contribution is 6.05. The van der Waals surface area contributed by atoms with E-state index < -0.39 is 0 Å². The monoisotopic (exact) mass is 296 g/mol. The molecule has 0 amide bonds. The zero-order valence-corrected chi connectivity index (χ0v) is 13.3. The van der Waals surface area contributed by atoms with Crippen LogP contribution in [0.15, 0.2) is 16.9 Å². The molecule has 4 nitrogen and oxygen atoms in total. The van der Waals surface area contributed by atoms with E-state index in [0.717, 1.165) is 30.7 Å². The Balaban J connectivity index is 2.13. The quantitative estimate of drug-likeness (QED) is 0.759. The van der Waals surface area contributed by atoms with E-state index in [2.05, 4.69) is 6.92 Å². The Kier molecular flexibility index (Phi) is 2.66. The lowest BCUT2D eigenvalue weighted by Crippen LogP contribution is -2.34. The minimum atomic E-state index is -0.0285. The van der Waals surface area contributed by atoms with Crippen LogP contribution < -0.4 is 5.56 Å². The number of nitrogens with zero attached hydrogens (tertiary/aromatic N) is 2. The Morgan fingerprint density at radius 2 is 2.09 bits per heavy atom. The number of fused-ring (bicyclic) bond motifs is 3. The number of hydrogen-bond acceptors (Lipinski definition) is 3. The Bertz CT molecular complexity index is 875. The molecule has 1 fully saturated rings. The highest BCUT2D eigenvalue weighted by atomic mass is 16.1. The molecule has 22 heavy (non-hydrogen) atoms. The van der Waals surface area contributed by atoms with Crippen LogP contribution in [0, 0.1) is 6.92 Å². The predicted octanol–water partition coefficient (Wildman–Crippen LogP) is 3.29. The number of rotatable bonds is 1. The number of Topliss-reactive ketones (excluding diaryl/α,β-unsaturated/α-hetero) is 1. The Morgan fingerprint density at radius 1 is 1.36 bits per heavy atom. The van der Waals surface area contributed by atoms with Gasteiger partial charge >= 0.3 is 0 Å². The van der Waals surface area contributed by atoms with Crippen LogP contribution in [0.5, 0.6) is 0 Å². The van der Waals surface area contributed by atoms with Crippen LogP contribution in [0.1, 0.15) is 67.3 Å². The van der Waals surface area contributed by atoms with E-state index in [9.17, 15) is 9.59 Å². The Morgan fingerprint density at radius 3 is 2.68 bits per heavy atom. The van der Waals surface area contributed by atoms with Crippen LogP contribution in [0.4, 0.5) is 0 Å². The van der Waals surface area contributed by atoms with Gasteiger partial charge in [0, 0.05) is 17.0 Å². The summed E-state index contributed by atoms with van der Waals surface area (Å²) in [4.78, 5) is 29.8. The van der Waals surface area contributed by atoms with Gasteiger partial charge in [-0.3, -0.25) is 14.2 Å². The van der Waals surface area contributed by atoms with Crippen molar-refractivity contribution >= 4 is 16.7 Å². The summed E-state index contributed by atoms with van der Waals surface area (Å²) >= 11 is 0. The minimum Gasteiger partial charge on any atom is -0.294 e. The van der Waals surface area contributed by atoms with Crippen molar-refractivity contribution in [2.45, 2.75) is 57.9 Å². The summed E-state index contributed by atoms with van der Waals surface area (Å²) in [7, 11) is 0. The van der Waals surface area contributed by atoms with E-state index in [0.29, 0.717) is 16.5 Å². The molecule has 4 heteroatoms. The third-order valence-electron chi connectivity index (χ3n) is 5.44. The number of carbonyl (C=O) groups excluding carboxylic acids is 1. The summed E-state index contributed by atoms with van der Waals surface area (Å²) in [6.07, 6.45) is 4.42. The van der Waals surface area contributed by atoms with Gasteiger partial charge in [-0.2, -0.15) is 0 Å². The molecule has 0 saturated heterocycles. The third kappa shape index (κ3) is 1.61. The summed E-state index contributed by atoms with van der Waals surface area (Å²) in [6.45, 7) is 5.57. The fraction of sp³-hybridized carbons (Fsp3) is 0.500. The molecule has 1 spiro atoms. The summed E-state index contributed by atoms with van der Waals surface area (Å²) in [5.74, 6) is 0.884. The highest BCUT2D eigenvalue weighted by Gasteiger charge is 2.48. The van der Waals surface area contributed by atoms with Gasteiger partial charge in [-0.15, -0.1) is 0 Å². The van der Waals surface area contributed by atoms with E-state index in [-0.39, 0.29) is 22.8 Å². The van der Waals surface area contributed by atoms with Gasteiger partial charge in [0.2, 0.25) is 0 Å². The van der Waals surface area contributed by atoms with Crippen molar-refractivity contribution in [2.75, 3.05) is 0 Å². The average Bonchev–Trinajstić information content (AvgIpc) is 2.72. The number of carbonyl (C=O) groups is 1. The largest absolute Gasteiger partial charge is 0.294 e. The second kappa shape index (κ2) is 4.28. The van der Waals surface area contributed by atoms with E-state index in [1.54, 1.807) is 6.92 Å². The normalized spacial score (nSPS) is 21.9. The summed E-state index contributed by atoms with van der Waals surface area (Å²) in [5, 5.41) is 0.581. The molecule has 0 unspecified atom stereocenters. The zero-order valence-electron chi connectivity index (χ0n) is 13.3. The molecule has 114 valence electrons. The van der Waals surface area contributed by atoms with E-state index >= 15 is 0 Å². The van der Waals surface area contributed by atoms with Crippen LogP contribution in [-0.4, -0.2) is 15.3 Å². The summed E-state index contributed by atoms with van der Waals surface area (Å²) < 4.78 is 1.88. The maximum atomic E-state index is 13.0. The fourth-order valence-electron chi connectivity index (χ4n) is 4.28. The second-order valence-electron chi connectivity index (χ2n) is 7.06. The van der Waals surface area contributed by atoms with Crippen LogP contribution in [0.3, 0.4) is 0 Å². The molecule has 0 N–H and O–H groups in total. The van der Waals surface area contributed by atoms with Crippen molar-refractivity contribution in [3.63, 3.8) is 0 Å². The van der Waals surface area contributed by atoms with Crippen LogP contribution >= 0.6 is 0 Å². The van der Waals surface area contributed by atoms with Crippen molar-refractivity contribution in [2.24, 2.45) is 0 Å². The number of benzene rings is 1. The van der Waals surface area contributed by atoms with Crippen molar-refractivity contribution in [1.82, 2.24) is 9.55 Å². The van der Waals surface area contributed by atoms with Crippen molar-refractivity contribution in [3.05, 3.63) is 39.4 Å². The SMILES string of the molecule is CC(=O)c1cc(C)cc2c(=O)n3c(nc12)C1(CCC1)C[C@H]3C. The van der Waals surface area contributed by atoms with E-state index in [1.807, 2.05) is 23.6 Å². The number of aromatic nitrogens is 2.